The van der Waals surface area contributed by atoms with Gasteiger partial charge in [0.15, 0.2) is 0 Å². The molecule has 0 unspecified atom stereocenters. The summed E-state index contributed by atoms with van der Waals surface area (Å²) in [4.78, 5) is 9.03. The highest BCUT2D eigenvalue weighted by Crippen LogP contribution is 2.24. The molecule has 0 aromatic carbocycles. The Labute approximate surface area is 150 Å². The summed E-state index contributed by atoms with van der Waals surface area (Å²) in [5.74, 6) is 0. The highest BCUT2D eigenvalue weighted by Gasteiger charge is 2.23. The van der Waals surface area contributed by atoms with Crippen LogP contribution in [-0.4, -0.2) is 69.0 Å². The van der Waals surface area contributed by atoms with Gasteiger partial charge < -0.3 is 10.0 Å². The summed E-state index contributed by atoms with van der Waals surface area (Å²) < 4.78 is 1.90. The predicted octanol–water partition coefficient (Wildman–Crippen LogP) is 1.76. The zero-order valence-electron chi connectivity index (χ0n) is 15.3. The standard InChI is InChI=1S/C19H29N5O/c1-22(10-3-13-25)18-6-11-24(12-7-18)15-17-14-23(2)21-19(17)16-4-8-20-9-5-16/h4-5,8-9,14,18,25H,3,6-7,10-13,15H2,1-2H3. The second-order valence-corrected chi connectivity index (χ2v) is 6.98. The SMILES string of the molecule is CN(CCCO)C1CCN(Cc2cn(C)nc2-c2ccncc2)CC1. The van der Waals surface area contributed by atoms with Crippen LogP contribution in [-0.2, 0) is 13.6 Å². The van der Waals surface area contributed by atoms with Gasteiger partial charge in [-0.1, -0.05) is 0 Å². The first-order chi connectivity index (χ1) is 12.2. The number of aliphatic hydroxyl groups excluding tert-OH is 1. The molecule has 1 saturated heterocycles. The Hall–Kier alpha value is -1.76. The van der Waals surface area contributed by atoms with Crippen molar-refractivity contribution in [2.45, 2.75) is 31.8 Å². The lowest BCUT2D eigenvalue weighted by molar-refractivity contribution is 0.117. The van der Waals surface area contributed by atoms with Crippen molar-refractivity contribution in [3.63, 3.8) is 0 Å². The number of aryl methyl sites for hydroxylation is 1. The van der Waals surface area contributed by atoms with Crippen LogP contribution in [0.2, 0.25) is 0 Å². The summed E-state index contributed by atoms with van der Waals surface area (Å²) in [5, 5.41) is 13.6. The summed E-state index contributed by atoms with van der Waals surface area (Å²) >= 11 is 0. The summed E-state index contributed by atoms with van der Waals surface area (Å²) in [5.41, 5.74) is 3.47. The van der Waals surface area contributed by atoms with Gasteiger partial charge in [0.25, 0.3) is 0 Å². The molecular weight excluding hydrogens is 314 g/mol. The van der Waals surface area contributed by atoms with Gasteiger partial charge in [0.2, 0.25) is 0 Å². The zero-order chi connectivity index (χ0) is 17.6. The fourth-order valence-electron chi connectivity index (χ4n) is 3.67. The molecule has 6 nitrogen and oxygen atoms in total. The van der Waals surface area contributed by atoms with Crippen molar-refractivity contribution in [3.05, 3.63) is 36.3 Å². The minimum atomic E-state index is 0.280. The van der Waals surface area contributed by atoms with E-state index < -0.39 is 0 Å². The molecule has 0 saturated carbocycles. The third-order valence-electron chi connectivity index (χ3n) is 5.10. The fraction of sp³-hybridized carbons (Fsp3) is 0.579. The van der Waals surface area contributed by atoms with E-state index in [0.717, 1.165) is 43.9 Å². The van der Waals surface area contributed by atoms with Crippen LogP contribution in [0.3, 0.4) is 0 Å². The number of likely N-dealkylation sites (tertiary alicyclic amines) is 1. The molecule has 0 aliphatic carbocycles. The van der Waals surface area contributed by atoms with Crippen molar-refractivity contribution < 1.29 is 5.11 Å². The molecule has 2 aromatic rings. The monoisotopic (exact) mass is 343 g/mol. The van der Waals surface area contributed by atoms with Crippen molar-refractivity contribution in [1.82, 2.24) is 24.6 Å². The lowest BCUT2D eigenvalue weighted by atomic mass is 10.0. The van der Waals surface area contributed by atoms with E-state index in [2.05, 4.69) is 33.1 Å². The van der Waals surface area contributed by atoms with Gasteiger partial charge in [-0.15, -0.1) is 0 Å². The zero-order valence-corrected chi connectivity index (χ0v) is 15.3. The van der Waals surface area contributed by atoms with E-state index in [4.69, 9.17) is 5.11 Å². The van der Waals surface area contributed by atoms with Gasteiger partial charge in [0.1, 0.15) is 0 Å². The van der Waals surface area contributed by atoms with E-state index in [-0.39, 0.29) is 6.61 Å². The number of aromatic nitrogens is 3. The molecule has 1 aliphatic heterocycles. The molecule has 25 heavy (non-hydrogen) atoms. The molecule has 0 amide bonds. The Kier molecular flexibility index (Phi) is 6.18. The van der Waals surface area contributed by atoms with Gasteiger partial charge in [-0.05, 0) is 51.5 Å². The van der Waals surface area contributed by atoms with E-state index >= 15 is 0 Å². The maximum absolute atomic E-state index is 8.99. The fourth-order valence-corrected chi connectivity index (χ4v) is 3.67. The Bertz CT molecular complexity index is 649. The summed E-state index contributed by atoms with van der Waals surface area (Å²) in [6.07, 6.45) is 9.01. The van der Waals surface area contributed by atoms with Gasteiger partial charge in [-0.25, -0.2) is 0 Å². The number of pyridine rings is 1. The van der Waals surface area contributed by atoms with Crippen LogP contribution in [0, 0.1) is 0 Å². The molecule has 2 aromatic heterocycles. The number of hydrogen-bond donors (Lipinski definition) is 1. The minimum Gasteiger partial charge on any atom is -0.396 e. The average Bonchev–Trinajstić information content (AvgIpc) is 3.01. The van der Waals surface area contributed by atoms with Gasteiger partial charge in [-0.3, -0.25) is 14.6 Å². The Balaban J connectivity index is 1.60. The van der Waals surface area contributed by atoms with Crippen LogP contribution in [0.4, 0.5) is 0 Å². The molecular formula is C19H29N5O. The maximum Gasteiger partial charge on any atom is 0.0969 e. The van der Waals surface area contributed by atoms with E-state index in [9.17, 15) is 0 Å². The lowest BCUT2D eigenvalue weighted by Gasteiger charge is -2.36. The normalized spacial score (nSPS) is 16.6. The molecule has 0 spiro atoms. The largest absolute Gasteiger partial charge is 0.396 e. The third kappa shape index (κ3) is 4.66. The van der Waals surface area contributed by atoms with Crippen molar-refractivity contribution >= 4 is 0 Å². The van der Waals surface area contributed by atoms with Crippen LogP contribution >= 0.6 is 0 Å². The van der Waals surface area contributed by atoms with Gasteiger partial charge in [-0.2, -0.15) is 5.10 Å². The molecule has 0 radical (unpaired) electrons. The molecule has 6 heteroatoms. The number of rotatable bonds is 7. The highest BCUT2D eigenvalue weighted by molar-refractivity contribution is 5.61. The van der Waals surface area contributed by atoms with Crippen molar-refractivity contribution in [2.24, 2.45) is 7.05 Å². The quantitative estimate of drug-likeness (QED) is 0.830. The third-order valence-corrected chi connectivity index (χ3v) is 5.10. The minimum absolute atomic E-state index is 0.280. The second-order valence-electron chi connectivity index (χ2n) is 6.98. The van der Waals surface area contributed by atoms with E-state index in [1.54, 1.807) is 0 Å². The Morgan fingerprint density at radius 1 is 1.24 bits per heavy atom. The van der Waals surface area contributed by atoms with Crippen LogP contribution in [0.5, 0.6) is 0 Å². The maximum atomic E-state index is 8.99. The first-order valence-electron chi connectivity index (χ1n) is 9.13. The number of nitrogens with zero attached hydrogens (tertiary/aromatic N) is 5. The topological polar surface area (TPSA) is 57.4 Å². The predicted molar refractivity (Wildman–Crippen MR) is 99.1 cm³/mol. The van der Waals surface area contributed by atoms with Gasteiger partial charge in [0.05, 0.1) is 5.69 Å². The first kappa shape index (κ1) is 18.0. The van der Waals surface area contributed by atoms with Crippen LogP contribution in [0.25, 0.3) is 11.3 Å². The number of piperidine rings is 1. The molecule has 136 valence electrons. The second kappa shape index (κ2) is 8.56. The molecule has 1 aliphatic rings. The Morgan fingerprint density at radius 3 is 2.64 bits per heavy atom. The van der Waals surface area contributed by atoms with Crippen molar-refractivity contribution in [1.29, 1.82) is 0 Å². The van der Waals surface area contributed by atoms with Crippen molar-refractivity contribution in [2.75, 3.05) is 33.3 Å². The number of aliphatic hydroxyl groups is 1. The molecule has 0 atom stereocenters. The molecule has 3 rings (SSSR count). The first-order valence-corrected chi connectivity index (χ1v) is 9.13. The van der Waals surface area contributed by atoms with Crippen LogP contribution in [0.1, 0.15) is 24.8 Å². The number of hydrogen-bond acceptors (Lipinski definition) is 5. The van der Waals surface area contributed by atoms with E-state index in [1.165, 1.54) is 18.4 Å². The van der Waals surface area contributed by atoms with E-state index in [0.29, 0.717) is 6.04 Å². The smallest absolute Gasteiger partial charge is 0.0969 e. The molecule has 3 heterocycles. The van der Waals surface area contributed by atoms with Crippen LogP contribution in [0.15, 0.2) is 30.7 Å². The van der Waals surface area contributed by atoms with Gasteiger partial charge in [0, 0.05) is 62.5 Å². The lowest BCUT2D eigenvalue weighted by Crippen LogP contribution is -2.43. The van der Waals surface area contributed by atoms with Crippen molar-refractivity contribution in [3.8, 4) is 11.3 Å². The summed E-state index contributed by atoms with van der Waals surface area (Å²) in [7, 11) is 4.16. The van der Waals surface area contributed by atoms with E-state index in [1.807, 2.05) is 36.3 Å². The molecule has 0 bridgehead atoms. The average molecular weight is 343 g/mol. The highest BCUT2D eigenvalue weighted by atomic mass is 16.3. The summed E-state index contributed by atoms with van der Waals surface area (Å²) in [6.45, 7) is 4.42. The Morgan fingerprint density at radius 2 is 1.96 bits per heavy atom. The van der Waals surface area contributed by atoms with Crippen LogP contribution < -0.4 is 0 Å². The molecule has 1 N–H and O–H groups in total. The van der Waals surface area contributed by atoms with Gasteiger partial charge >= 0.3 is 0 Å². The summed E-state index contributed by atoms with van der Waals surface area (Å²) in [6, 6.07) is 4.68. The molecule has 1 fully saturated rings.